The van der Waals surface area contributed by atoms with Crippen LogP contribution in [0, 0.1) is 6.92 Å². The fraction of sp³-hybridized carbons (Fsp3) is 0.636. The Balaban J connectivity index is 2.37. The van der Waals surface area contributed by atoms with E-state index in [0.717, 1.165) is 15.0 Å². The fourth-order valence-corrected chi connectivity index (χ4v) is 3.12. The molecular formula is C11H17N4S2+. The molecule has 0 fully saturated rings. The highest BCUT2D eigenvalue weighted by Crippen LogP contribution is 2.24. The first-order chi connectivity index (χ1) is 7.91. The van der Waals surface area contributed by atoms with Crippen molar-refractivity contribution in [2.45, 2.75) is 46.1 Å². The van der Waals surface area contributed by atoms with E-state index in [9.17, 15) is 0 Å². The van der Waals surface area contributed by atoms with E-state index in [2.05, 4.69) is 48.5 Å². The Bertz CT molecular complexity index is 513. The van der Waals surface area contributed by atoms with Gasteiger partial charge in [0, 0.05) is 24.9 Å². The molecule has 0 aliphatic heterocycles. The summed E-state index contributed by atoms with van der Waals surface area (Å²) in [4.78, 5) is 0. The molecule has 4 nitrogen and oxygen atoms in total. The van der Waals surface area contributed by atoms with Crippen LogP contribution in [-0.4, -0.2) is 15.3 Å². The van der Waals surface area contributed by atoms with Gasteiger partial charge in [0.15, 0.2) is 10.0 Å². The summed E-state index contributed by atoms with van der Waals surface area (Å²) in [5.74, 6) is 0.466. The lowest BCUT2D eigenvalue weighted by molar-refractivity contribution is -0.795. The number of hydrogen-bond donors (Lipinski definition) is 0. The Kier molecular flexibility index (Phi) is 3.27. The van der Waals surface area contributed by atoms with Crippen LogP contribution in [0.3, 0.4) is 0 Å². The zero-order valence-electron chi connectivity index (χ0n) is 10.8. The molecule has 0 saturated carbocycles. The summed E-state index contributed by atoms with van der Waals surface area (Å²) >= 11 is 3.32. The fourth-order valence-electron chi connectivity index (χ4n) is 1.41. The molecule has 0 amide bonds. The molecule has 0 unspecified atom stereocenters. The van der Waals surface area contributed by atoms with E-state index in [1.165, 1.54) is 0 Å². The van der Waals surface area contributed by atoms with Gasteiger partial charge in [0.2, 0.25) is 5.54 Å². The maximum atomic E-state index is 4.64. The molecule has 0 spiro atoms. The van der Waals surface area contributed by atoms with Gasteiger partial charge in [0.05, 0.1) is 0 Å². The van der Waals surface area contributed by atoms with Crippen molar-refractivity contribution < 1.29 is 4.68 Å². The Morgan fingerprint density at radius 1 is 1.29 bits per heavy atom. The molecule has 0 aromatic carbocycles. The standard InChI is InChI=1S/C11H17N4S2/c1-7(2)9-14-15(6-16-9)11(4,5)10-13-12-8(3)17-10/h6-7H,1-5H3/q+1. The highest BCUT2D eigenvalue weighted by Gasteiger charge is 2.38. The van der Waals surface area contributed by atoms with E-state index in [1.807, 2.05) is 11.6 Å². The average molecular weight is 269 g/mol. The van der Waals surface area contributed by atoms with Gasteiger partial charge in [-0.25, -0.2) is 0 Å². The number of rotatable bonds is 3. The van der Waals surface area contributed by atoms with Crippen LogP contribution in [0.25, 0.3) is 0 Å². The first-order valence-electron chi connectivity index (χ1n) is 5.59. The Hall–Kier alpha value is -0.880. The minimum absolute atomic E-state index is 0.227. The minimum Gasteiger partial charge on any atom is -0.144 e. The molecule has 6 heteroatoms. The average Bonchev–Trinajstić information content (AvgIpc) is 2.85. The second-order valence-electron chi connectivity index (χ2n) is 4.85. The molecule has 2 aromatic heterocycles. The quantitative estimate of drug-likeness (QED) is 0.804. The van der Waals surface area contributed by atoms with Crippen molar-refractivity contribution in [3.05, 3.63) is 20.5 Å². The van der Waals surface area contributed by atoms with Crippen molar-refractivity contribution in [1.29, 1.82) is 0 Å². The zero-order chi connectivity index (χ0) is 12.6. The summed E-state index contributed by atoms with van der Waals surface area (Å²) in [5, 5.41) is 16.1. The van der Waals surface area contributed by atoms with Gasteiger partial charge < -0.3 is 0 Å². The molecule has 17 heavy (non-hydrogen) atoms. The lowest BCUT2D eigenvalue weighted by Crippen LogP contribution is -2.54. The molecule has 0 saturated heterocycles. The van der Waals surface area contributed by atoms with Gasteiger partial charge in [0.1, 0.15) is 5.01 Å². The molecule has 0 atom stereocenters. The van der Waals surface area contributed by atoms with Crippen molar-refractivity contribution in [3.63, 3.8) is 0 Å². The Morgan fingerprint density at radius 2 is 2.00 bits per heavy atom. The number of aromatic nitrogens is 4. The molecule has 2 heterocycles. The lowest BCUT2D eigenvalue weighted by Gasteiger charge is -2.10. The molecule has 2 aromatic rings. The third-order valence-electron chi connectivity index (χ3n) is 2.60. The summed E-state index contributed by atoms with van der Waals surface area (Å²) < 4.78 is 1.99. The molecular weight excluding hydrogens is 252 g/mol. The highest BCUT2D eigenvalue weighted by molar-refractivity contribution is 7.11. The maximum Gasteiger partial charge on any atom is 0.254 e. The Morgan fingerprint density at radius 3 is 2.47 bits per heavy atom. The van der Waals surface area contributed by atoms with Crippen LogP contribution in [0.5, 0.6) is 0 Å². The third kappa shape index (κ3) is 2.37. The first-order valence-corrected chi connectivity index (χ1v) is 7.29. The van der Waals surface area contributed by atoms with Crippen molar-refractivity contribution in [2.75, 3.05) is 0 Å². The smallest absolute Gasteiger partial charge is 0.144 e. The van der Waals surface area contributed by atoms with Gasteiger partial charge in [-0.1, -0.05) is 41.2 Å². The highest BCUT2D eigenvalue weighted by atomic mass is 32.1. The summed E-state index contributed by atoms with van der Waals surface area (Å²) in [7, 11) is 0. The van der Waals surface area contributed by atoms with E-state index in [0.29, 0.717) is 5.92 Å². The lowest BCUT2D eigenvalue weighted by atomic mass is 10.1. The molecule has 0 aliphatic rings. The third-order valence-corrected chi connectivity index (χ3v) is 4.85. The van der Waals surface area contributed by atoms with Gasteiger partial charge in [-0.2, -0.15) is 0 Å². The number of aryl methyl sites for hydroxylation is 1. The zero-order valence-corrected chi connectivity index (χ0v) is 12.4. The van der Waals surface area contributed by atoms with Crippen LogP contribution < -0.4 is 4.68 Å². The SMILES string of the molecule is Cc1nnc(C(C)(C)[n+]2csc(C(C)C)n2)s1. The molecule has 0 N–H and O–H groups in total. The van der Waals surface area contributed by atoms with Crippen LogP contribution in [0.4, 0.5) is 0 Å². The van der Waals surface area contributed by atoms with E-state index >= 15 is 0 Å². The van der Waals surface area contributed by atoms with Gasteiger partial charge >= 0.3 is 0 Å². The largest absolute Gasteiger partial charge is 0.254 e. The first kappa shape index (κ1) is 12.6. The number of nitrogens with zero attached hydrogens (tertiary/aromatic N) is 4. The van der Waals surface area contributed by atoms with Crippen LogP contribution in [0.15, 0.2) is 5.51 Å². The van der Waals surface area contributed by atoms with E-state index in [4.69, 9.17) is 0 Å². The minimum atomic E-state index is -0.227. The van der Waals surface area contributed by atoms with Crippen molar-refractivity contribution >= 4 is 22.7 Å². The normalized spacial score (nSPS) is 12.4. The second kappa shape index (κ2) is 4.42. The second-order valence-corrected chi connectivity index (χ2v) is 6.89. The summed E-state index contributed by atoms with van der Waals surface area (Å²) in [6.45, 7) is 10.5. The topological polar surface area (TPSA) is 42.5 Å². The van der Waals surface area contributed by atoms with Crippen LogP contribution >= 0.6 is 22.7 Å². The molecule has 92 valence electrons. The van der Waals surface area contributed by atoms with Gasteiger partial charge in [0.25, 0.3) is 5.51 Å². The predicted octanol–water partition coefficient (Wildman–Crippen LogP) is 2.50. The maximum absolute atomic E-state index is 4.64. The molecule has 0 bridgehead atoms. The van der Waals surface area contributed by atoms with E-state index in [-0.39, 0.29) is 5.54 Å². The summed E-state index contributed by atoms with van der Waals surface area (Å²) in [6, 6.07) is 0. The molecule has 2 rings (SSSR count). The molecule has 0 aliphatic carbocycles. The summed E-state index contributed by atoms with van der Waals surface area (Å²) in [5.41, 5.74) is 1.83. The summed E-state index contributed by atoms with van der Waals surface area (Å²) in [6.07, 6.45) is 0. The van der Waals surface area contributed by atoms with Crippen molar-refractivity contribution in [1.82, 2.24) is 15.3 Å². The Labute approximate surface area is 109 Å². The predicted molar refractivity (Wildman–Crippen MR) is 69.5 cm³/mol. The van der Waals surface area contributed by atoms with Gasteiger partial charge in [-0.15, -0.1) is 10.2 Å². The van der Waals surface area contributed by atoms with Crippen LogP contribution in [-0.2, 0) is 5.54 Å². The van der Waals surface area contributed by atoms with E-state index in [1.54, 1.807) is 22.7 Å². The van der Waals surface area contributed by atoms with E-state index < -0.39 is 0 Å². The number of hydrogen-bond acceptors (Lipinski definition) is 5. The van der Waals surface area contributed by atoms with Crippen LogP contribution in [0.1, 0.15) is 48.6 Å². The van der Waals surface area contributed by atoms with Crippen LogP contribution in [0.2, 0.25) is 0 Å². The van der Waals surface area contributed by atoms with Crippen molar-refractivity contribution in [3.8, 4) is 0 Å². The van der Waals surface area contributed by atoms with Gasteiger partial charge in [-0.05, 0) is 6.92 Å². The molecule has 0 radical (unpaired) electrons. The van der Waals surface area contributed by atoms with Gasteiger partial charge in [-0.3, -0.25) is 0 Å². The monoisotopic (exact) mass is 269 g/mol. The van der Waals surface area contributed by atoms with Crippen molar-refractivity contribution in [2.24, 2.45) is 0 Å².